The Labute approximate surface area is 151 Å². The fourth-order valence-corrected chi connectivity index (χ4v) is 3.77. The zero-order chi connectivity index (χ0) is 17.3. The van der Waals surface area contributed by atoms with E-state index in [0.29, 0.717) is 6.04 Å². The summed E-state index contributed by atoms with van der Waals surface area (Å²) >= 11 is 0. The minimum absolute atomic E-state index is 0.0863. The molecule has 0 aliphatic heterocycles. The van der Waals surface area contributed by atoms with Crippen LogP contribution in [0.5, 0.6) is 0 Å². The van der Waals surface area contributed by atoms with Crippen LogP contribution in [0.4, 0.5) is 16.2 Å². The van der Waals surface area contributed by atoms with Gasteiger partial charge >= 0.3 is 6.03 Å². The predicted molar refractivity (Wildman–Crippen MR) is 105 cm³/mol. The van der Waals surface area contributed by atoms with Crippen LogP contribution in [0.1, 0.15) is 64.2 Å². The predicted octanol–water partition coefficient (Wildman–Crippen LogP) is 5.44. The number of benzene rings is 1. The van der Waals surface area contributed by atoms with Crippen molar-refractivity contribution in [2.24, 2.45) is 0 Å². The second kappa shape index (κ2) is 9.50. The minimum Gasteiger partial charge on any atom is -0.385 e. The van der Waals surface area contributed by atoms with Crippen molar-refractivity contribution in [3.63, 3.8) is 0 Å². The molecule has 136 valence electrons. The first-order valence-corrected chi connectivity index (χ1v) is 9.89. The molecule has 0 saturated heterocycles. The maximum atomic E-state index is 12.1. The zero-order valence-electron chi connectivity index (χ0n) is 15.2. The molecular formula is C21H31N3O. The van der Waals surface area contributed by atoms with Crippen LogP contribution in [0.2, 0.25) is 0 Å². The topological polar surface area (TPSA) is 53.2 Å². The second-order valence-corrected chi connectivity index (χ2v) is 7.30. The Morgan fingerprint density at radius 3 is 2.44 bits per heavy atom. The lowest BCUT2D eigenvalue weighted by atomic mass is 9.96. The maximum Gasteiger partial charge on any atom is 0.319 e. The third kappa shape index (κ3) is 6.11. The summed E-state index contributed by atoms with van der Waals surface area (Å²) in [6.45, 7) is 0.973. The summed E-state index contributed by atoms with van der Waals surface area (Å²) in [6, 6.07) is 8.24. The van der Waals surface area contributed by atoms with Crippen molar-refractivity contribution in [3.05, 3.63) is 35.9 Å². The molecule has 0 aromatic heterocycles. The molecule has 4 heteroatoms. The molecule has 1 aromatic rings. The molecule has 0 unspecified atom stereocenters. The van der Waals surface area contributed by atoms with Crippen molar-refractivity contribution >= 4 is 17.4 Å². The van der Waals surface area contributed by atoms with Gasteiger partial charge in [-0.3, -0.25) is 0 Å². The molecule has 25 heavy (non-hydrogen) atoms. The van der Waals surface area contributed by atoms with E-state index in [1.54, 1.807) is 5.57 Å². The van der Waals surface area contributed by atoms with Crippen LogP contribution < -0.4 is 16.0 Å². The van der Waals surface area contributed by atoms with E-state index in [2.05, 4.69) is 22.0 Å². The van der Waals surface area contributed by atoms with Gasteiger partial charge in [0.15, 0.2) is 0 Å². The highest BCUT2D eigenvalue weighted by Crippen LogP contribution is 2.21. The number of hydrogen-bond donors (Lipinski definition) is 3. The lowest BCUT2D eigenvalue weighted by Crippen LogP contribution is -2.38. The van der Waals surface area contributed by atoms with Crippen LogP contribution in [0, 0.1) is 0 Å². The van der Waals surface area contributed by atoms with E-state index in [0.717, 1.165) is 37.2 Å². The lowest BCUT2D eigenvalue weighted by molar-refractivity contribution is 0.244. The maximum absolute atomic E-state index is 12.1. The SMILES string of the molecule is O=C(Nc1ccc(NCCC2=CCCCC2)cc1)NC1CCCCC1. The number of allylic oxidation sites excluding steroid dienone is 1. The fourth-order valence-electron chi connectivity index (χ4n) is 3.77. The van der Waals surface area contributed by atoms with Crippen molar-refractivity contribution in [2.45, 2.75) is 70.3 Å². The molecule has 4 nitrogen and oxygen atoms in total. The van der Waals surface area contributed by atoms with Gasteiger partial charge in [-0.2, -0.15) is 0 Å². The van der Waals surface area contributed by atoms with E-state index in [9.17, 15) is 4.79 Å². The first-order valence-electron chi connectivity index (χ1n) is 9.89. The molecule has 1 fully saturated rings. The van der Waals surface area contributed by atoms with Gasteiger partial charge in [-0.05, 0) is 69.2 Å². The Kier molecular flexibility index (Phi) is 6.78. The number of amides is 2. The van der Waals surface area contributed by atoms with Gasteiger partial charge in [0.25, 0.3) is 0 Å². The fraction of sp³-hybridized carbons (Fsp3) is 0.571. The highest BCUT2D eigenvalue weighted by Gasteiger charge is 2.15. The zero-order valence-corrected chi connectivity index (χ0v) is 15.2. The number of nitrogens with one attached hydrogen (secondary N) is 3. The van der Waals surface area contributed by atoms with Gasteiger partial charge in [0, 0.05) is 24.0 Å². The van der Waals surface area contributed by atoms with Crippen LogP contribution in [0.15, 0.2) is 35.9 Å². The molecule has 2 aliphatic rings. The van der Waals surface area contributed by atoms with Gasteiger partial charge < -0.3 is 16.0 Å². The molecule has 0 heterocycles. The van der Waals surface area contributed by atoms with E-state index in [4.69, 9.17) is 0 Å². The average Bonchev–Trinajstić information content (AvgIpc) is 2.65. The molecule has 0 atom stereocenters. The van der Waals surface area contributed by atoms with Crippen molar-refractivity contribution in [1.29, 1.82) is 0 Å². The highest BCUT2D eigenvalue weighted by molar-refractivity contribution is 5.89. The molecule has 0 bridgehead atoms. The molecule has 0 spiro atoms. The van der Waals surface area contributed by atoms with Crippen LogP contribution in [0.25, 0.3) is 0 Å². The first-order chi connectivity index (χ1) is 12.3. The van der Waals surface area contributed by atoms with Gasteiger partial charge in [-0.1, -0.05) is 30.9 Å². The number of anilines is 2. The van der Waals surface area contributed by atoms with Gasteiger partial charge in [-0.25, -0.2) is 4.79 Å². The number of rotatable bonds is 6. The van der Waals surface area contributed by atoms with Crippen LogP contribution in [-0.2, 0) is 0 Å². The van der Waals surface area contributed by atoms with Crippen LogP contribution in [0.3, 0.4) is 0 Å². The molecular weight excluding hydrogens is 310 g/mol. The third-order valence-electron chi connectivity index (χ3n) is 5.24. The van der Waals surface area contributed by atoms with Gasteiger partial charge in [0.1, 0.15) is 0 Å². The van der Waals surface area contributed by atoms with E-state index < -0.39 is 0 Å². The van der Waals surface area contributed by atoms with Crippen molar-refractivity contribution in [2.75, 3.05) is 17.2 Å². The smallest absolute Gasteiger partial charge is 0.319 e. The Morgan fingerprint density at radius 2 is 1.72 bits per heavy atom. The summed E-state index contributed by atoms with van der Waals surface area (Å²) in [5.74, 6) is 0. The Morgan fingerprint density at radius 1 is 0.960 bits per heavy atom. The minimum atomic E-state index is -0.0863. The average molecular weight is 341 g/mol. The van der Waals surface area contributed by atoms with Crippen molar-refractivity contribution in [1.82, 2.24) is 5.32 Å². The monoisotopic (exact) mass is 341 g/mol. The third-order valence-corrected chi connectivity index (χ3v) is 5.24. The molecule has 1 saturated carbocycles. The summed E-state index contributed by atoms with van der Waals surface area (Å²) in [4.78, 5) is 12.1. The van der Waals surface area contributed by atoms with Gasteiger partial charge in [0.05, 0.1) is 0 Å². The quantitative estimate of drug-likeness (QED) is 0.603. The Balaban J connectivity index is 1.39. The number of carbonyl (C=O) groups excluding carboxylic acids is 1. The normalized spacial score (nSPS) is 18.3. The number of carbonyl (C=O) groups is 1. The van der Waals surface area contributed by atoms with Crippen molar-refractivity contribution < 1.29 is 4.79 Å². The largest absolute Gasteiger partial charge is 0.385 e. The highest BCUT2D eigenvalue weighted by atomic mass is 16.2. The van der Waals surface area contributed by atoms with Crippen LogP contribution >= 0.6 is 0 Å². The molecule has 0 radical (unpaired) electrons. The second-order valence-electron chi connectivity index (χ2n) is 7.30. The molecule has 3 N–H and O–H groups in total. The first kappa shape index (κ1) is 17.8. The lowest BCUT2D eigenvalue weighted by Gasteiger charge is -2.22. The van der Waals surface area contributed by atoms with E-state index in [-0.39, 0.29) is 6.03 Å². The summed E-state index contributed by atoms with van der Waals surface area (Å²) < 4.78 is 0. The summed E-state index contributed by atoms with van der Waals surface area (Å²) in [6.07, 6.45) is 14.7. The molecule has 2 amide bonds. The van der Waals surface area contributed by atoms with Gasteiger partial charge in [0.2, 0.25) is 0 Å². The summed E-state index contributed by atoms with van der Waals surface area (Å²) in [7, 11) is 0. The molecule has 2 aliphatic carbocycles. The van der Waals surface area contributed by atoms with Crippen LogP contribution in [-0.4, -0.2) is 18.6 Å². The Bertz CT molecular complexity index is 573. The van der Waals surface area contributed by atoms with Gasteiger partial charge in [-0.15, -0.1) is 0 Å². The molecule has 3 rings (SSSR count). The van der Waals surface area contributed by atoms with E-state index in [1.807, 2.05) is 24.3 Å². The standard InChI is InChI=1S/C21H31N3O/c25-21(23-19-9-5-2-6-10-19)24-20-13-11-18(12-14-20)22-16-15-17-7-3-1-4-8-17/h7,11-14,19,22H,1-6,8-10,15-16H2,(H2,23,24,25). The molecule has 1 aromatic carbocycles. The van der Waals surface area contributed by atoms with E-state index in [1.165, 1.54) is 44.9 Å². The van der Waals surface area contributed by atoms with Crippen molar-refractivity contribution in [3.8, 4) is 0 Å². The van der Waals surface area contributed by atoms with E-state index >= 15 is 0 Å². The summed E-state index contributed by atoms with van der Waals surface area (Å²) in [5.41, 5.74) is 3.54. The number of hydrogen-bond acceptors (Lipinski definition) is 2. The summed E-state index contributed by atoms with van der Waals surface area (Å²) in [5, 5.41) is 9.49. The Hall–Kier alpha value is -1.97. The number of urea groups is 1.